The van der Waals surface area contributed by atoms with E-state index in [4.69, 9.17) is 0 Å². The van der Waals surface area contributed by atoms with Crippen molar-refractivity contribution in [2.45, 2.75) is 4.32 Å². The first-order valence-electron chi connectivity index (χ1n) is 5.73. The van der Waals surface area contributed by atoms with Gasteiger partial charge in [0.05, 0.1) is 0 Å². The number of carbonyl (C=O) groups is 1. The summed E-state index contributed by atoms with van der Waals surface area (Å²) in [5, 5.41) is 9.77. The summed E-state index contributed by atoms with van der Waals surface area (Å²) in [6.45, 7) is 0. The van der Waals surface area contributed by atoms with E-state index in [9.17, 15) is 9.90 Å². The molecule has 98 valence electrons. The molecule has 0 aliphatic rings. The molecule has 0 aliphatic heterocycles. The number of aliphatic carboxylic acids is 1. The molecule has 0 saturated carbocycles. The van der Waals surface area contributed by atoms with Crippen molar-refractivity contribution in [3.63, 3.8) is 0 Å². The third-order valence-electron chi connectivity index (χ3n) is 2.96. The van der Waals surface area contributed by atoms with E-state index in [1.165, 1.54) is 0 Å². The molecular weight excluding hydrogens is 372 g/mol. The van der Waals surface area contributed by atoms with E-state index in [1.54, 1.807) is 0 Å². The van der Waals surface area contributed by atoms with Crippen molar-refractivity contribution in [1.29, 1.82) is 0 Å². The second kappa shape index (κ2) is 5.88. The lowest BCUT2D eigenvalue weighted by Crippen LogP contribution is -2.31. The summed E-state index contributed by atoms with van der Waals surface area (Å²) in [6.07, 6.45) is 0. The lowest BCUT2D eigenvalue weighted by atomic mass is 9.91. The van der Waals surface area contributed by atoms with Gasteiger partial charge in [0.2, 0.25) is 0 Å². The van der Waals surface area contributed by atoms with E-state index in [2.05, 4.69) is 31.9 Å². The van der Waals surface area contributed by atoms with Gasteiger partial charge in [-0.05, 0) is 16.7 Å². The van der Waals surface area contributed by atoms with Crippen molar-refractivity contribution in [3.8, 4) is 11.1 Å². The summed E-state index contributed by atoms with van der Waals surface area (Å²) in [4.78, 5) is 11.6. The third-order valence-corrected chi connectivity index (χ3v) is 5.60. The Bertz CT molecular complexity index is 584. The zero-order valence-electron chi connectivity index (χ0n) is 10.0. The number of hydrogen-bond acceptors (Lipinski definition) is 1. The molecule has 0 saturated heterocycles. The second-order valence-corrected chi connectivity index (χ2v) is 6.07. The van der Waals surface area contributed by atoms with Crippen LogP contribution in [0.3, 0.4) is 0 Å². The Balaban J connectivity index is 2.63. The zero-order valence-corrected chi connectivity index (χ0v) is 13.2. The number of carboxylic acids is 1. The monoisotopic (exact) mass is 382 g/mol. The van der Waals surface area contributed by atoms with E-state index in [1.807, 2.05) is 54.6 Å². The zero-order chi connectivity index (χ0) is 13.9. The first-order valence-corrected chi connectivity index (χ1v) is 7.64. The van der Waals surface area contributed by atoms with Crippen molar-refractivity contribution in [2.75, 3.05) is 5.33 Å². The van der Waals surface area contributed by atoms with Crippen molar-refractivity contribution in [2.24, 2.45) is 0 Å². The van der Waals surface area contributed by atoms with Gasteiger partial charge in [0.15, 0.2) is 4.32 Å². The van der Waals surface area contributed by atoms with E-state index < -0.39 is 10.3 Å². The maximum atomic E-state index is 11.6. The summed E-state index contributed by atoms with van der Waals surface area (Å²) >= 11 is 6.65. The van der Waals surface area contributed by atoms with E-state index in [-0.39, 0.29) is 0 Å². The van der Waals surface area contributed by atoms with Crippen LogP contribution in [-0.4, -0.2) is 16.4 Å². The molecule has 2 nitrogen and oxygen atoms in total. The molecular formula is C15H12Br2O2. The van der Waals surface area contributed by atoms with Gasteiger partial charge in [0, 0.05) is 5.33 Å². The van der Waals surface area contributed by atoms with Gasteiger partial charge in [-0.15, -0.1) is 0 Å². The molecule has 0 amide bonds. The Morgan fingerprint density at radius 1 is 1.05 bits per heavy atom. The van der Waals surface area contributed by atoms with Gasteiger partial charge in [-0.2, -0.15) is 0 Å². The predicted molar refractivity (Wildman–Crippen MR) is 83.9 cm³/mol. The number of rotatable bonds is 4. The summed E-state index contributed by atoms with van der Waals surface area (Å²) in [5.41, 5.74) is 2.66. The van der Waals surface area contributed by atoms with Gasteiger partial charge < -0.3 is 5.11 Å². The smallest absolute Gasteiger partial charge is 0.325 e. The molecule has 0 fully saturated rings. The van der Waals surface area contributed by atoms with Gasteiger partial charge in [-0.1, -0.05) is 86.5 Å². The number of hydrogen-bond donors (Lipinski definition) is 1. The molecule has 1 unspecified atom stereocenters. The van der Waals surface area contributed by atoms with Crippen LogP contribution in [0.5, 0.6) is 0 Å². The van der Waals surface area contributed by atoms with Crippen LogP contribution in [0.4, 0.5) is 0 Å². The Morgan fingerprint density at radius 3 is 2.21 bits per heavy atom. The fraction of sp³-hybridized carbons (Fsp3) is 0.133. The maximum Gasteiger partial charge on any atom is 0.325 e. The minimum absolute atomic E-state index is 0.291. The molecule has 0 aliphatic carbocycles. The summed E-state index contributed by atoms with van der Waals surface area (Å²) < 4.78 is -1.13. The van der Waals surface area contributed by atoms with Crippen molar-refractivity contribution < 1.29 is 9.90 Å². The minimum Gasteiger partial charge on any atom is -0.480 e. The second-order valence-electron chi connectivity index (χ2n) is 4.15. The van der Waals surface area contributed by atoms with Gasteiger partial charge in [-0.3, -0.25) is 4.79 Å². The molecule has 2 aromatic carbocycles. The highest BCUT2D eigenvalue weighted by molar-refractivity contribution is 9.12. The highest BCUT2D eigenvalue weighted by atomic mass is 79.9. The average Bonchev–Trinajstić information content (AvgIpc) is 2.47. The topological polar surface area (TPSA) is 37.3 Å². The van der Waals surface area contributed by atoms with Crippen molar-refractivity contribution in [1.82, 2.24) is 0 Å². The molecule has 19 heavy (non-hydrogen) atoms. The van der Waals surface area contributed by atoms with Crippen LogP contribution in [0.2, 0.25) is 0 Å². The van der Waals surface area contributed by atoms with Gasteiger partial charge >= 0.3 is 5.97 Å². The van der Waals surface area contributed by atoms with Gasteiger partial charge in [0.25, 0.3) is 0 Å². The fourth-order valence-corrected chi connectivity index (χ4v) is 2.83. The molecule has 0 heterocycles. The lowest BCUT2D eigenvalue weighted by Gasteiger charge is -2.23. The molecule has 2 rings (SSSR count). The van der Waals surface area contributed by atoms with Crippen LogP contribution in [0.1, 0.15) is 5.56 Å². The van der Waals surface area contributed by atoms with Crippen LogP contribution < -0.4 is 0 Å². The van der Waals surface area contributed by atoms with Crippen LogP contribution >= 0.6 is 31.9 Å². The normalized spacial score (nSPS) is 13.8. The van der Waals surface area contributed by atoms with Gasteiger partial charge in [-0.25, -0.2) is 0 Å². The molecule has 4 heteroatoms. The molecule has 1 N–H and O–H groups in total. The van der Waals surface area contributed by atoms with Crippen LogP contribution in [0.25, 0.3) is 11.1 Å². The predicted octanol–water partition coefficient (Wildman–Crippen LogP) is 4.42. The molecule has 0 bridgehead atoms. The first kappa shape index (κ1) is 14.3. The molecule has 0 spiro atoms. The van der Waals surface area contributed by atoms with Crippen LogP contribution in [0.15, 0.2) is 54.6 Å². The Morgan fingerprint density at radius 2 is 1.63 bits per heavy atom. The Hall–Kier alpha value is -1.13. The largest absolute Gasteiger partial charge is 0.480 e. The highest BCUT2D eigenvalue weighted by Gasteiger charge is 2.38. The third kappa shape index (κ3) is 2.74. The standard InChI is InChI=1S/C15H12Br2O2/c16-10-15(17,14(18)19)13-9-5-4-8-12(13)11-6-2-1-3-7-11/h1-9H,10H2,(H,18,19). The van der Waals surface area contributed by atoms with Crippen LogP contribution in [-0.2, 0) is 9.12 Å². The average molecular weight is 384 g/mol. The Kier molecular flexibility index (Phi) is 4.42. The summed E-state index contributed by atoms with van der Waals surface area (Å²) in [7, 11) is 0. The lowest BCUT2D eigenvalue weighted by molar-refractivity contribution is -0.139. The Labute approximate surface area is 128 Å². The van der Waals surface area contributed by atoms with Crippen molar-refractivity contribution in [3.05, 3.63) is 60.2 Å². The highest BCUT2D eigenvalue weighted by Crippen LogP contribution is 2.39. The molecule has 2 aromatic rings. The first-order chi connectivity index (χ1) is 9.09. The molecule has 1 atom stereocenters. The van der Waals surface area contributed by atoms with Gasteiger partial charge in [0.1, 0.15) is 0 Å². The van der Waals surface area contributed by atoms with E-state index in [0.717, 1.165) is 16.7 Å². The number of alkyl halides is 2. The maximum absolute atomic E-state index is 11.6. The number of halogens is 2. The van der Waals surface area contributed by atoms with E-state index in [0.29, 0.717) is 5.33 Å². The molecule has 0 radical (unpaired) electrons. The fourth-order valence-electron chi connectivity index (χ4n) is 1.94. The summed E-state index contributed by atoms with van der Waals surface area (Å²) in [6, 6.07) is 17.3. The summed E-state index contributed by atoms with van der Waals surface area (Å²) in [5.74, 6) is -0.909. The minimum atomic E-state index is -1.13. The SMILES string of the molecule is O=C(O)C(Br)(CBr)c1ccccc1-c1ccccc1. The van der Waals surface area contributed by atoms with Crippen LogP contribution in [0, 0.1) is 0 Å². The number of benzene rings is 2. The molecule has 0 aromatic heterocycles. The number of carboxylic acid groups (broad SMARTS) is 1. The quantitative estimate of drug-likeness (QED) is 0.793. The van der Waals surface area contributed by atoms with E-state index >= 15 is 0 Å². The van der Waals surface area contributed by atoms with Crippen molar-refractivity contribution >= 4 is 37.8 Å².